The van der Waals surface area contributed by atoms with E-state index in [4.69, 9.17) is 0 Å². The number of H-pyrrole nitrogens is 1. The molecule has 2 aliphatic rings. The van der Waals surface area contributed by atoms with E-state index < -0.39 is 0 Å². The Labute approximate surface area is 158 Å². The van der Waals surface area contributed by atoms with Crippen molar-refractivity contribution >= 4 is 16.8 Å². The molecule has 6 nitrogen and oxygen atoms in total. The van der Waals surface area contributed by atoms with Crippen molar-refractivity contribution < 1.29 is 4.79 Å². The van der Waals surface area contributed by atoms with Gasteiger partial charge in [-0.3, -0.25) is 14.4 Å². The minimum Gasteiger partial charge on any atom is -0.361 e. The minimum absolute atomic E-state index is 0.308. The zero-order valence-corrected chi connectivity index (χ0v) is 15.5. The molecule has 1 fully saturated rings. The van der Waals surface area contributed by atoms with Crippen LogP contribution in [0.4, 0.5) is 0 Å². The highest BCUT2D eigenvalue weighted by molar-refractivity contribution is 5.82. The number of hydrogen-bond acceptors (Lipinski definition) is 3. The third-order valence-electron chi connectivity index (χ3n) is 5.94. The quantitative estimate of drug-likeness (QED) is 0.758. The van der Waals surface area contributed by atoms with E-state index in [1.165, 1.54) is 22.2 Å². The van der Waals surface area contributed by atoms with Crippen LogP contribution in [-0.4, -0.2) is 50.1 Å². The van der Waals surface area contributed by atoms with Gasteiger partial charge in [0.05, 0.1) is 11.7 Å². The number of amides is 1. The standard InChI is InChI=1S/C21H25N5O/c27-21-5-2-11-25(21)12-8-18-15-24(14-17-6-10-23-26(17)18)13-16-3-1-4-20-19(16)7-9-22-20/h1,3-4,6-7,9-10,18,22H,2,5,8,11-15H2. The largest absolute Gasteiger partial charge is 0.361 e. The number of benzene rings is 1. The Morgan fingerprint density at radius 1 is 1.22 bits per heavy atom. The Hall–Kier alpha value is -2.60. The highest BCUT2D eigenvalue weighted by atomic mass is 16.2. The van der Waals surface area contributed by atoms with Crippen molar-refractivity contribution in [3.8, 4) is 0 Å². The molecule has 1 unspecified atom stereocenters. The molecule has 2 aliphatic heterocycles. The molecule has 0 bridgehead atoms. The Morgan fingerprint density at radius 2 is 2.19 bits per heavy atom. The number of likely N-dealkylation sites (tertiary alicyclic amines) is 1. The van der Waals surface area contributed by atoms with Crippen LogP contribution in [0.15, 0.2) is 42.7 Å². The molecule has 2 aromatic heterocycles. The Balaban J connectivity index is 1.33. The van der Waals surface area contributed by atoms with Gasteiger partial charge in [0.2, 0.25) is 5.91 Å². The normalized spacial score (nSPS) is 20.5. The van der Waals surface area contributed by atoms with Gasteiger partial charge in [-0.1, -0.05) is 12.1 Å². The van der Waals surface area contributed by atoms with Gasteiger partial charge in [0.1, 0.15) is 0 Å². The van der Waals surface area contributed by atoms with Gasteiger partial charge in [-0.2, -0.15) is 5.10 Å². The SMILES string of the molecule is O=C1CCCN1CCC1CN(Cc2cccc3[nH]ccc23)Cc2ccnn21. The number of rotatable bonds is 5. The molecular weight excluding hydrogens is 338 g/mol. The topological polar surface area (TPSA) is 57.2 Å². The lowest BCUT2D eigenvalue weighted by Gasteiger charge is -2.34. The molecule has 27 heavy (non-hydrogen) atoms. The summed E-state index contributed by atoms with van der Waals surface area (Å²) in [5.41, 5.74) is 3.81. The summed E-state index contributed by atoms with van der Waals surface area (Å²) in [6.45, 7) is 4.57. The second kappa shape index (κ2) is 6.85. The molecule has 1 N–H and O–H groups in total. The van der Waals surface area contributed by atoms with Gasteiger partial charge in [-0.05, 0) is 36.6 Å². The highest BCUT2D eigenvalue weighted by Crippen LogP contribution is 2.27. The van der Waals surface area contributed by atoms with Crippen LogP contribution < -0.4 is 0 Å². The molecule has 5 rings (SSSR count). The number of fused-ring (bicyclic) bond motifs is 2. The second-order valence-electron chi connectivity index (χ2n) is 7.72. The maximum atomic E-state index is 11.9. The average molecular weight is 363 g/mol. The molecule has 0 radical (unpaired) electrons. The summed E-state index contributed by atoms with van der Waals surface area (Å²) in [4.78, 5) is 19.8. The first kappa shape index (κ1) is 16.6. The smallest absolute Gasteiger partial charge is 0.222 e. The third-order valence-corrected chi connectivity index (χ3v) is 5.94. The van der Waals surface area contributed by atoms with E-state index in [9.17, 15) is 4.79 Å². The van der Waals surface area contributed by atoms with Crippen LogP contribution in [0.3, 0.4) is 0 Å². The van der Waals surface area contributed by atoms with E-state index in [2.05, 4.69) is 50.0 Å². The molecule has 1 saturated heterocycles. The van der Waals surface area contributed by atoms with Gasteiger partial charge in [-0.15, -0.1) is 0 Å². The van der Waals surface area contributed by atoms with Gasteiger partial charge in [0.25, 0.3) is 0 Å². The number of carbonyl (C=O) groups is 1. The molecule has 6 heteroatoms. The molecule has 1 aromatic carbocycles. The number of carbonyl (C=O) groups excluding carboxylic acids is 1. The van der Waals surface area contributed by atoms with Crippen LogP contribution in [0.25, 0.3) is 10.9 Å². The maximum absolute atomic E-state index is 11.9. The second-order valence-corrected chi connectivity index (χ2v) is 7.72. The van der Waals surface area contributed by atoms with Crippen LogP contribution in [0, 0.1) is 0 Å². The fourth-order valence-corrected chi connectivity index (χ4v) is 4.57. The summed E-state index contributed by atoms with van der Waals surface area (Å²) in [6.07, 6.45) is 6.59. The molecule has 140 valence electrons. The van der Waals surface area contributed by atoms with Crippen molar-refractivity contribution in [2.75, 3.05) is 19.6 Å². The van der Waals surface area contributed by atoms with E-state index >= 15 is 0 Å². The summed E-state index contributed by atoms with van der Waals surface area (Å²) >= 11 is 0. The fourth-order valence-electron chi connectivity index (χ4n) is 4.57. The minimum atomic E-state index is 0.308. The molecule has 4 heterocycles. The molecule has 1 amide bonds. The molecule has 3 aromatic rings. The number of aromatic amines is 1. The van der Waals surface area contributed by atoms with Gasteiger partial charge in [0.15, 0.2) is 0 Å². The average Bonchev–Trinajstić information content (AvgIpc) is 3.40. The first-order chi connectivity index (χ1) is 13.3. The summed E-state index contributed by atoms with van der Waals surface area (Å²) in [6, 6.07) is 11.1. The summed E-state index contributed by atoms with van der Waals surface area (Å²) < 4.78 is 2.17. The van der Waals surface area contributed by atoms with Crippen molar-refractivity contribution in [1.82, 2.24) is 24.6 Å². The molecular formula is C21H25N5O. The molecule has 1 atom stereocenters. The zero-order chi connectivity index (χ0) is 18.2. The first-order valence-electron chi connectivity index (χ1n) is 9.85. The predicted octanol–water partition coefficient (Wildman–Crippen LogP) is 2.93. The van der Waals surface area contributed by atoms with Crippen molar-refractivity contribution in [3.63, 3.8) is 0 Å². The van der Waals surface area contributed by atoms with E-state index in [1.54, 1.807) is 0 Å². The Bertz CT molecular complexity index is 958. The fraction of sp³-hybridized carbons (Fsp3) is 0.429. The number of nitrogens with zero attached hydrogens (tertiary/aromatic N) is 4. The van der Waals surface area contributed by atoms with Crippen LogP contribution in [-0.2, 0) is 17.9 Å². The van der Waals surface area contributed by atoms with E-state index in [0.29, 0.717) is 18.4 Å². The van der Waals surface area contributed by atoms with E-state index in [-0.39, 0.29) is 0 Å². The van der Waals surface area contributed by atoms with E-state index in [0.717, 1.165) is 45.6 Å². The molecule has 0 saturated carbocycles. The van der Waals surface area contributed by atoms with Gasteiger partial charge in [-0.25, -0.2) is 0 Å². The zero-order valence-electron chi connectivity index (χ0n) is 15.5. The van der Waals surface area contributed by atoms with E-state index in [1.807, 2.05) is 17.3 Å². The van der Waals surface area contributed by atoms with Crippen molar-refractivity contribution in [3.05, 3.63) is 54.0 Å². The summed E-state index contributed by atoms with van der Waals surface area (Å²) in [7, 11) is 0. The van der Waals surface area contributed by atoms with Crippen molar-refractivity contribution in [2.45, 2.75) is 38.4 Å². The Kier molecular flexibility index (Phi) is 4.20. The lowest BCUT2D eigenvalue weighted by Crippen LogP contribution is -2.39. The van der Waals surface area contributed by atoms with Gasteiger partial charge < -0.3 is 9.88 Å². The third kappa shape index (κ3) is 3.14. The van der Waals surface area contributed by atoms with Crippen LogP contribution in [0.1, 0.15) is 36.6 Å². The summed E-state index contributed by atoms with van der Waals surface area (Å²) in [5.74, 6) is 0.308. The van der Waals surface area contributed by atoms with Gasteiger partial charge in [0, 0.05) is 62.4 Å². The predicted molar refractivity (Wildman–Crippen MR) is 104 cm³/mol. The lowest BCUT2D eigenvalue weighted by molar-refractivity contribution is -0.127. The molecule has 0 aliphatic carbocycles. The van der Waals surface area contributed by atoms with Gasteiger partial charge >= 0.3 is 0 Å². The monoisotopic (exact) mass is 363 g/mol. The highest BCUT2D eigenvalue weighted by Gasteiger charge is 2.28. The molecule has 0 spiro atoms. The number of aromatic nitrogens is 3. The van der Waals surface area contributed by atoms with Crippen LogP contribution in [0.2, 0.25) is 0 Å². The van der Waals surface area contributed by atoms with Crippen LogP contribution >= 0.6 is 0 Å². The Morgan fingerprint density at radius 3 is 3.07 bits per heavy atom. The maximum Gasteiger partial charge on any atom is 0.222 e. The number of nitrogens with one attached hydrogen (secondary N) is 1. The van der Waals surface area contributed by atoms with Crippen LogP contribution in [0.5, 0.6) is 0 Å². The lowest BCUT2D eigenvalue weighted by atomic mass is 10.1. The number of hydrogen-bond donors (Lipinski definition) is 1. The van der Waals surface area contributed by atoms with Crippen molar-refractivity contribution in [2.24, 2.45) is 0 Å². The first-order valence-corrected chi connectivity index (χ1v) is 9.85. The van der Waals surface area contributed by atoms with Crippen molar-refractivity contribution in [1.29, 1.82) is 0 Å². The summed E-state index contributed by atoms with van der Waals surface area (Å²) in [5, 5.41) is 5.87.